The first-order chi connectivity index (χ1) is 13.9. The van der Waals surface area contributed by atoms with E-state index in [2.05, 4.69) is 58.7 Å². The quantitative estimate of drug-likeness (QED) is 0.549. The first-order valence-corrected chi connectivity index (χ1v) is 9.52. The molecule has 7 heteroatoms. The lowest BCUT2D eigenvalue weighted by molar-refractivity contribution is 0.331. The molecule has 1 aromatic heterocycles. The molecule has 3 rings (SSSR count). The largest absolute Gasteiger partial charge is 0.497 e. The van der Waals surface area contributed by atoms with Crippen LogP contribution in [0, 0.1) is 0 Å². The van der Waals surface area contributed by atoms with E-state index in [-0.39, 0.29) is 5.41 Å². The Labute approximate surface area is 171 Å². The van der Waals surface area contributed by atoms with E-state index in [1.165, 1.54) is 5.56 Å². The molecule has 0 unspecified atom stereocenters. The number of nitrogens with zero attached hydrogens (tertiary/aromatic N) is 3. The Morgan fingerprint density at radius 1 is 0.931 bits per heavy atom. The standard InChI is InChI=1S/C22H27N5O2/c1-22(2,3)16-5-7-17(8-6-16)25-20-15-24-27-21(26-20)23-13-14-29-19-11-9-18(28-4)10-12-19/h5-12,15H,13-14H2,1-4H3,(H2,23,25,26,27). The van der Waals surface area contributed by atoms with Gasteiger partial charge in [0, 0.05) is 5.69 Å². The number of benzene rings is 2. The first-order valence-electron chi connectivity index (χ1n) is 9.52. The highest BCUT2D eigenvalue weighted by atomic mass is 16.5. The van der Waals surface area contributed by atoms with Gasteiger partial charge in [-0.3, -0.25) is 0 Å². The third kappa shape index (κ3) is 6.07. The zero-order chi connectivity index (χ0) is 20.7. The Kier molecular flexibility index (Phi) is 6.49. The summed E-state index contributed by atoms with van der Waals surface area (Å²) < 4.78 is 10.8. The minimum absolute atomic E-state index is 0.125. The highest BCUT2D eigenvalue weighted by Crippen LogP contribution is 2.24. The summed E-state index contributed by atoms with van der Waals surface area (Å²) in [5.74, 6) is 2.65. The molecule has 0 fully saturated rings. The van der Waals surface area contributed by atoms with Gasteiger partial charge in [-0.2, -0.15) is 10.1 Å². The van der Waals surface area contributed by atoms with E-state index in [1.54, 1.807) is 13.3 Å². The monoisotopic (exact) mass is 393 g/mol. The highest BCUT2D eigenvalue weighted by Gasteiger charge is 2.12. The second kappa shape index (κ2) is 9.23. The van der Waals surface area contributed by atoms with Gasteiger partial charge in [0.15, 0.2) is 5.82 Å². The SMILES string of the molecule is COc1ccc(OCCNc2nncc(Nc3ccc(C(C)(C)C)cc3)n2)cc1. The predicted molar refractivity (Wildman–Crippen MR) is 115 cm³/mol. The molecule has 0 aliphatic rings. The summed E-state index contributed by atoms with van der Waals surface area (Å²) in [5, 5.41) is 14.4. The van der Waals surface area contributed by atoms with Crippen molar-refractivity contribution in [2.24, 2.45) is 0 Å². The van der Waals surface area contributed by atoms with Crippen LogP contribution in [0.15, 0.2) is 54.7 Å². The second-order valence-corrected chi connectivity index (χ2v) is 7.57. The third-order valence-corrected chi connectivity index (χ3v) is 4.30. The molecule has 0 atom stereocenters. The van der Waals surface area contributed by atoms with Crippen LogP contribution in [-0.2, 0) is 5.41 Å². The molecule has 0 saturated carbocycles. The smallest absolute Gasteiger partial charge is 0.244 e. The maximum absolute atomic E-state index is 5.68. The first kappa shape index (κ1) is 20.4. The van der Waals surface area contributed by atoms with Gasteiger partial charge in [0.05, 0.1) is 19.9 Å². The summed E-state index contributed by atoms with van der Waals surface area (Å²) in [6.07, 6.45) is 1.59. The molecular formula is C22H27N5O2. The molecule has 1 heterocycles. The minimum Gasteiger partial charge on any atom is -0.497 e. The molecule has 29 heavy (non-hydrogen) atoms. The van der Waals surface area contributed by atoms with Gasteiger partial charge in [0.1, 0.15) is 18.1 Å². The Morgan fingerprint density at radius 3 is 2.28 bits per heavy atom. The van der Waals surface area contributed by atoms with E-state index in [4.69, 9.17) is 9.47 Å². The topological polar surface area (TPSA) is 81.2 Å². The van der Waals surface area contributed by atoms with Gasteiger partial charge >= 0.3 is 0 Å². The summed E-state index contributed by atoms with van der Waals surface area (Å²) in [7, 11) is 1.64. The molecule has 0 saturated heterocycles. The van der Waals surface area contributed by atoms with Crippen molar-refractivity contribution in [2.45, 2.75) is 26.2 Å². The molecule has 0 aliphatic carbocycles. The second-order valence-electron chi connectivity index (χ2n) is 7.57. The number of aromatic nitrogens is 3. The van der Waals surface area contributed by atoms with Crippen molar-refractivity contribution in [2.75, 3.05) is 30.9 Å². The number of hydrogen-bond acceptors (Lipinski definition) is 7. The summed E-state index contributed by atoms with van der Waals surface area (Å²) >= 11 is 0. The molecule has 2 aromatic carbocycles. The highest BCUT2D eigenvalue weighted by molar-refractivity contribution is 5.56. The van der Waals surface area contributed by atoms with E-state index >= 15 is 0 Å². The fourth-order valence-corrected chi connectivity index (χ4v) is 2.64. The summed E-state index contributed by atoms with van der Waals surface area (Å²) in [5.41, 5.74) is 2.36. The molecule has 7 nitrogen and oxygen atoms in total. The number of nitrogens with one attached hydrogen (secondary N) is 2. The van der Waals surface area contributed by atoms with Gasteiger partial charge in [-0.05, 0) is 47.4 Å². The van der Waals surface area contributed by atoms with Crippen molar-refractivity contribution in [3.8, 4) is 11.5 Å². The van der Waals surface area contributed by atoms with Crippen LogP contribution in [-0.4, -0.2) is 35.4 Å². The Bertz CT molecular complexity index is 906. The maximum atomic E-state index is 5.68. The van der Waals surface area contributed by atoms with Crippen LogP contribution < -0.4 is 20.1 Å². The fraction of sp³-hybridized carbons (Fsp3) is 0.318. The van der Waals surface area contributed by atoms with Crippen molar-refractivity contribution >= 4 is 17.5 Å². The molecule has 2 N–H and O–H groups in total. The zero-order valence-electron chi connectivity index (χ0n) is 17.3. The van der Waals surface area contributed by atoms with Gasteiger partial charge in [0.25, 0.3) is 0 Å². The van der Waals surface area contributed by atoms with E-state index in [9.17, 15) is 0 Å². The lowest BCUT2D eigenvalue weighted by atomic mass is 9.87. The fourth-order valence-electron chi connectivity index (χ4n) is 2.64. The van der Waals surface area contributed by atoms with E-state index in [0.29, 0.717) is 24.9 Å². The Morgan fingerprint density at radius 2 is 1.62 bits per heavy atom. The van der Waals surface area contributed by atoms with Crippen LogP contribution in [0.3, 0.4) is 0 Å². The number of rotatable bonds is 8. The number of hydrogen-bond donors (Lipinski definition) is 2. The molecule has 152 valence electrons. The van der Waals surface area contributed by atoms with Crippen molar-refractivity contribution in [1.29, 1.82) is 0 Å². The van der Waals surface area contributed by atoms with Crippen LogP contribution in [0.1, 0.15) is 26.3 Å². The number of ether oxygens (including phenoxy) is 2. The van der Waals surface area contributed by atoms with Gasteiger partial charge < -0.3 is 20.1 Å². The lowest BCUT2D eigenvalue weighted by Gasteiger charge is -2.19. The average Bonchev–Trinajstić information content (AvgIpc) is 2.72. The number of methoxy groups -OCH3 is 1. The molecule has 0 bridgehead atoms. The van der Waals surface area contributed by atoms with E-state index in [1.807, 2.05) is 36.4 Å². The Balaban J connectivity index is 1.50. The lowest BCUT2D eigenvalue weighted by Crippen LogP contribution is -2.14. The van der Waals surface area contributed by atoms with Gasteiger partial charge in [-0.1, -0.05) is 32.9 Å². The van der Waals surface area contributed by atoms with Crippen LogP contribution in [0.5, 0.6) is 11.5 Å². The predicted octanol–water partition coefficient (Wildman–Crippen LogP) is 4.41. The molecule has 3 aromatic rings. The maximum Gasteiger partial charge on any atom is 0.244 e. The van der Waals surface area contributed by atoms with Crippen molar-refractivity contribution in [1.82, 2.24) is 15.2 Å². The number of anilines is 3. The molecule has 0 amide bonds. The zero-order valence-corrected chi connectivity index (χ0v) is 17.3. The Hall–Kier alpha value is -3.35. The van der Waals surface area contributed by atoms with Gasteiger partial charge in [-0.25, -0.2) is 0 Å². The average molecular weight is 393 g/mol. The molecular weight excluding hydrogens is 366 g/mol. The van der Waals surface area contributed by atoms with Crippen LogP contribution in [0.2, 0.25) is 0 Å². The summed E-state index contributed by atoms with van der Waals surface area (Å²) in [6, 6.07) is 15.8. The van der Waals surface area contributed by atoms with E-state index in [0.717, 1.165) is 17.2 Å². The minimum atomic E-state index is 0.125. The van der Waals surface area contributed by atoms with Crippen LogP contribution in [0.4, 0.5) is 17.5 Å². The van der Waals surface area contributed by atoms with E-state index < -0.39 is 0 Å². The molecule has 0 aliphatic heterocycles. The van der Waals surface area contributed by atoms with Crippen molar-refractivity contribution < 1.29 is 9.47 Å². The summed E-state index contributed by atoms with van der Waals surface area (Å²) in [4.78, 5) is 4.44. The van der Waals surface area contributed by atoms with Gasteiger partial charge in [-0.15, -0.1) is 5.10 Å². The summed E-state index contributed by atoms with van der Waals surface area (Å²) in [6.45, 7) is 7.61. The third-order valence-electron chi connectivity index (χ3n) is 4.30. The van der Waals surface area contributed by atoms with Crippen molar-refractivity contribution in [3.05, 3.63) is 60.3 Å². The van der Waals surface area contributed by atoms with Crippen LogP contribution in [0.25, 0.3) is 0 Å². The van der Waals surface area contributed by atoms with Crippen LogP contribution >= 0.6 is 0 Å². The molecule has 0 spiro atoms. The normalized spacial score (nSPS) is 11.0. The van der Waals surface area contributed by atoms with Gasteiger partial charge in [0.2, 0.25) is 5.95 Å². The molecule has 0 radical (unpaired) electrons. The van der Waals surface area contributed by atoms with Crippen molar-refractivity contribution in [3.63, 3.8) is 0 Å².